The van der Waals surface area contributed by atoms with E-state index in [2.05, 4.69) is 81.5 Å². The smallest absolute Gasteiger partial charge is 0.306 e. The standard InChI is InChI=1S/C49H82O6/c1-4-7-10-13-16-19-21-23-24-25-27-28-30-33-36-39-42-48(51)54-45-46(44-53-47(50)41-38-35-32-18-15-12-9-6-3)55-49(52)43-40-37-34-31-29-26-22-20-17-14-11-8-5-2/h8,11,17,19-21,24-26,29,34,37,46H,4-7,9-10,12-16,18,22-23,27-28,30-33,35-36,38-45H2,1-3H3/b11-8-,20-17-,21-19-,25-24-,29-26-,37-34-. The summed E-state index contributed by atoms with van der Waals surface area (Å²) < 4.78 is 16.6. The van der Waals surface area contributed by atoms with Gasteiger partial charge in [0, 0.05) is 19.3 Å². The van der Waals surface area contributed by atoms with Crippen LogP contribution in [0.5, 0.6) is 0 Å². The molecule has 0 radical (unpaired) electrons. The van der Waals surface area contributed by atoms with E-state index in [-0.39, 0.29) is 31.6 Å². The molecule has 1 atom stereocenters. The second-order valence-electron chi connectivity index (χ2n) is 14.6. The quantitative estimate of drug-likeness (QED) is 0.0268. The van der Waals surface area contributed by atoms with Crippen LogP contribution in [-0.2, 0) is 28.6 Å². The molecule has 0 fully saturated rings. The monoisotopic (exact) mass is 767 g/mol. The first kappa shape index (κ1) is 51.9. The van der Waals surface area contributed by atoms with E-state index in [0.717, 1.165) is 89.9 Å². The Bertz CT molecular complexity index is 1070. The van der Waals surface area contributed by atoms with E-state index in [4.69, 9.17) is 14.2 Å². The van der Waals surface area contributed by atoms with Crippen molar-refractivity contribution >= 4 is 17.9 Å². The van der Waals surface area contributed by atoms with Gasteiger partial charge in [0.1, 0.15) is 13.2 Å². The third-order valence-corrected chi connectivity index (χ3v) is 9.21. The number of hydrogen-bond acceptors (Lipinski definition) is 6. The highest BCUT2D eigenvalue weighted by Gasteiger charge is 2.19. The van der Waals surface area contributed by atoms with Crippen LogP contribution in [0.25, 0.3) is 0 Å². The first-order chi connectivity index (χ1) is 27.0. The van der Waals surface area contributed by atoms with Gasteiger partial charge in [0.25, 0.3) is 0 Å². The predicted octanol–water partition coefficient (Wildman–Crippen LogP) is 14.3. The summed E-state index contributed by atoms with van der Waals surface area (Å²) in [5.41, 5.74) is 0. The lowest BCUT2D eigenvalue weighted by atomic mass is 10.1. The molecule has 0 aliphatic rings. The first-order valence-corrected chi connectivity index (χ1v) is 22.4. The molecule has 0 saturated heterocycles. The number of rotatable bonds is 39. The Morgan fingerprint density at radius 2 is 0.745 bits per heavy atom. The van der Waals surface area contributed by atoms with Crippen molar-refractivity contribution in [1.82, 2.24) is 0 Å². The fraction of sp³-hybridized carbons (Fsp3) is 0.694. The molecule has 55 heavy (non-hydrogen) atoms. The number of ether oxygens (including phenoxy) is 3. The van der Waals surface area contributed by atoms with Crippen molar-refractivity contribution in [3.63, 3.8) is 0 Å². The van der Waals surface area contributed by atoms with Gasteiger partial charge in [0.15, 0.2) is 6.10 Å². The highest BCUT2D eigenvalue weighted by molar-refractivity contribution is 5.71. The van der Waals surface area contributed by atoms with E-state index < -0.39 is 12.1 Å². The zero-order valence-electron chi connectivity index (χ0n) is 35.7. The van der Waals surface area contributed by atoms with Crippen LogP contribution in [-0.4, -0.2) is 37.2 Å². The van der Waals surface area contributed by atoms with Crippen molar-refractivity contribution in [2.75, 3.05) is 13.2 Å². The first-order valence-electron chi connectivity index (χ1n) is 22.4. The van der Waals surface area contributed by atoms with E-state index in [1.54, 1.807) is 0 Å². The summed E-state index contributed by atoms with van der Waals surface area (Å²) in [6, 6.07) is 0. The van der Waals surface area contributed by atoms with Crippen LogP contribution in [0.1, 0.15) is 201 Å². The summed E-state index contributed by atoms with van der Waals surface area (Å²) in [5.74, 6) is -1.02. The van der Waals surface area contributed by atoms with E-state index in [9.17, 15) is 14.4 Å². The van der Waals surface area contributed by atoms with Gasteiger partial charge in [-0.25, -0.2) is 0 Å². The van der Waals surface area contributed by atoms with Gasteiger partial charge >= 0.3 is 17.9 Å². The minimum Gasteiger partial charge on any atom is -0.462 e. The SMILES string of the molecule is CC/C=C\C/C=C\C/C=C\C/C=C\CCC(=O)OC(COC(=O)CCCCCCC/C=C\C/C=C\CCCCCC)COC(=O)CCCCCCCCCC. The normalized spacial score (nSPS) is 12.7. The van der Waals surface area contributed by atoms with Crippen LogP contribution in [0.2, 0.25) is 0 Å². The van der Waals surface area contributed by atoms with Crippen molar-refractivity contribution in [2.45, 2.75) is 207 Å². The van der Waals surface area contributed by atoms with Gasteiger partial charge in [-0.15, -0.1) is 0 Å². The molecule has 0 rings (SSSR count). The molecule has 6 heteroatoms. The molecule has 0 bridgehead atoms. The van der Waals surface area contributed by atoms with Crippen molar-refractivity contribution in [1.29, 1.82) is 0 Å². The van der Waals surface area contributed by atoms with Crippen LogP contribution in [0.4, 0.5) is 0 Å². The van der Waals surface area contributed by atoms with E-state index in [1.165, 1.54) is 64.2 Å². The van der Waals surface area contributed by atoms with E-state index in [0.29, 0.717) is 19.3 Å². The molecule has 1 unspecified atom stereocenters. The molecule has 0 aliphatic heterocycles. The summed E-state index contributed by atoms with van der Waals surface area (Å²) in [4.78, 5) is 37.6. The fourth-order valence-electron chi connectivity index (χ4n) is 5.84. The Morgan fingerprint density at radius 3 is 1.20 bits per heavy atom. The largest absolute Gasteiger partial charge is 0.462 e. The van der Waals surface area contributed by atoms with Crippen LogP contribution in [0.15, 0.2) is 72.9 Å². The highest BCUT2D eigenvalue weighted by atomic mass is 16.6. The zero-order chi connectivity index (χ0) is 40.1. The lowest BCUT2D eigenvalue weighted by Gasteiger charge is -2.18. The van der Waals surface area contributed by atoms with Crippen molar-refractivity contribution in [3.8, 4) is 0 Å². The third kappa shape index (κ3) is 41.8. The zero-order valence-corrected chi connectivity index (χ0v) is 35.7. The van der Waals surface area contributed by atoms with Gasteiger partial charge in [-0.1, -0.05) is 177 Å². The molecule has 6 nitrogen and oxygen atoms in total. The maximum absolute atomic E-state index is 12.6. The Morgan fingerprint density at radius 1 is 0.382 bits per heavy atom. The Labute approximate surface area is 338 Å². The maximum Gasteiger partial charge on any atom is 0.306 e. The molecule has 0 aromatic heterocycles. The second kappa shape index (κ2) is 43.6. The Kier molecular flexibility index (Phi) is 41.1. The van der Waals surface area contributed by atoms with Gasteiger partial charge in [-0.2, -0.15) is 0 Å². The lowest BCUT2D eigenvalue weighted by Crippen LogP contribution is -2.30. The number of allylic oxidation sites excluding steroid dienone is 12. The average Bonchev–Trinajstić information content (AvgIpc) is 3.18. The van der Waals surface area contributed by atoms with Crippen LogP contribution >= 0.6 is 0 Å². The predicted molar refractivity (Wildman–Crippen MR) is 233 cm³/mol. The Balaban J connectivity index is 4.46. The molecule has 0 aromatic rings. The highest BCUT2D eigenvalue weighted by Crippen LogP contribution is 2.12. The van der Waals surface area contributed by atoms with Gasteiger partial charge in [-0.05, 0) is 77.0 Å². The lowest BCUT2D eigenvalue weighted by molar-refractivity contribution is -0.166. The second-order valence-corrected chi connectivity index (χ2v) is 14.6. The molecule has 0 aromatic carbocycles. The number of esters is 3. The van der Waals surface area contributed by atoms with Crippen LogP contribution in [0.3, 0.4) is 0 Å². The van der Waals surface area contributed by atoms with Crippen LogP contribution < -0.4 is 0 Å². The average molecular weight is 767 g/mol. The number of carbonyl (C=O) groups is 3. The van der Waals surface area contributed by atoms with Crippen LogP contribution in [0, 0.1) is 0 Å². The number of hydrogen-bond donors (Lipinski definition) is 0. The minimum absolute atomic E-state index is 0.109. The molecule has 0 heterocycles. The summed E-state index contributed by atoms with van der Waals surface area (Å²) in [5, 5.41) is 0. The molecule has 0 spiro atoms. The molecular weight excluding hydrogens is 685 g/mol. The van der Waals surface area contributed by atoms with E-state index in [1.807, 2.05) is 12.2 Å². The van der Waals surface area contributed by atoms with E-state index >= 15 is 0 Å². The fourth-order valence-corrected chi connectivity index (χ4v) is 5.84. The summed E-state index contributed by atoms with van der Waals surface area (Å²) in [6.07, 6.45) is 53.3. The van der Waals surface area contributed by atoms with Crippen molar-refractivity contribution in [2.24, 2.45) is 0 Å². The topological polar surface area (TPSA) is 78.9 Å². The maximum atomic E-state index is 12.6. The molecule has 314 valence electrons. The third-order valence-electron chi connectivity index (χ3n) is 9.21. The minimum atomic E-state index is -0.814. The Hall–Kier alpha value is -3.15. The molecule has 0 aliphatic carbocycles. The number of unbranched alkanes of at least 4 members (excludes halogenated alkanes) is 16. The van der Waals surface area contributed by atoms with Gasteiger partial charge in [0.05, 0.1) is 0 Å². The molecule has 0 saturated carbocycles. The van der Waals surface area contributed by atoms with Crippen molar-refractivity contribution in [3.05, 3.63) is 72.9 Å². The summed E-state index contributed by atoms with van der Waals surface area (Å²) >= 11 is 0. The summed E-state index contributed by atoms with van der Waals surface area (Å²) in [6.45, 7) is 6.38. The van der Waals surface area contributed by atoms with Gasteiger partial charge in [-0.3, -0.25) is 14.4 Å². The molecular formula is C49H82O6. The molecule has 0 N–H and O–H groups in total. The van der Waals surface area contributed by atoms with Gasteiger partial charge in [0.2, 0.25) is 0 Å². The number of carbonyl (C=O) groups excluding carboxylic acids is 3. The van der Waals surface area contributed by atoms with Crippen molar-refractivity contribution < 1.29 is 28.6 Å². The summed E-state index contributed by atoms with van der Waals surface area (Å²) in [7, 11) is 0. The van der Waals surface area contributed by atoms with Gasteiger partial charge < -0.3 is 14.2 Å². The molecule has 0 amide bonds.